The van der Waals surface area contributed by atoms with Crippen molar-refractivity contribution in [3.8, 4) is 0 Å². The summed E-state index contributed by atoms with van der Waals surface area (Å²) in [5.74, 6) is -0.574. The number of nitrogens with one attached hydrogen (secondary N) is 2. The molecule has 5 heteroatoms. The van der Waals surface area contributed by atoms with Crippen LogP contribution in [0.25, 0.3) is 0 Å². The Morgan fingerprint density at radius 2 is 2.38 bits per heavy atom. The number of amides is 1. The van der Waals surface area contributed by atoms with Crippen LogP contribution in [-0.4, -0.2) is 15.9 Å². The predicted octanol–water partition coefficient (Wildman–Crippen LogP) is 1.48. The van der Waals surface area contributed by atoms with E-state index < -0.39 is 0 Å². The molecule has 2 N–H and O–H groups in total. The molecule has 0 saturated heterocycles. The van der Waals surface area contributed by atoms with Crippen LogP contribution in [0.1, 0.15) is 16.1 Å². The smallest absolute Gasteiger partial charge is 0.269 e. The minimum absolute atomic E-state index is 0.262. The second-order valence-corrected chi connectivity index (χ2v) is 3.28. The van der Waals surface area contributed by atoms with Crippen molar-refractivity contribution in [3.05, 3.63) is 53.9 Å². The number of benzene rings is 1. The molecule has 82 valence electrons. The van der Waals surface area contributed by atoms with E-state index in [9.17, 15) is 9.18 Å². The molecule has 2 rings (SSSR count). The maximum absolute atomic E-state index is 12.8. The zero-order valence-electron chi connectivity index (χ0n) is 8.40. The zero-order valence-corrected chi connectivity index (χ0v) is 8.40. The number of hydrogen-bond donors (Lipinski definition) is 2. The fourth-order valence-electron chi connectivity index (χ4n) is 1.30. The van der Waals surface area contributed by atoms with Crippen LogP contribution in [-0.2, 0) is 6.54 Å². The van der Waals surface area contributed by atoms with Crippen LogP contribution < -0.4 is 5.32 Å². The average Bonchev–Trinajstić information content (AvgIpc) is 2.79. The quantitative estimate of drug-likeness (QED) is 0.821. The fourth-order valence-corrected chi connectivity index (χ4v) is 1.30. The molecule has 0 atom stereocenters. The minimum atomic E-state index is -0.312. The summed E-state index contributed by atoms with van der Waals surface area (Å²) in [7, 11) is 0. The van der Waals surface area contributed by atoms with E-state index in [4.69, 9.17) is 0 Å². The molecule has 0 aliphatic rings. The monoisotopic (exact) mass is 219 g/mol. The Bertz CT molecular complexity index is 482. The molecule has 1 heterocycles. The summed E-state index contributed by atoms with van der Waals surface area (Å²) in [5.41, 5.74) is 1.10. The number of aromatic amines is 1. The molecule has 0 fully saturated rings. The third-order valence-electron chi connectivity index (χ3n) is 2.08. The van der Waals surface area contributed by atoms with E-state index in [0.717, 1.165) is 0 Å². The van der Waals surface area contributed by atoms with E-state index in [0.29, 0.717) is 11.3 Å². The Labute approximate surface area is 91.5 Å². The highest BCUT2D eigenvalue weighted by Gasteiger charge is 2.05. The molecule has 1 amide bonds. The first-order valence-corrected chi connectivity index (χ1v) is 4.77. The number of carbonyl (C=O) groups excluding carboxylic acids is 1. The van der Waals surface area contributed by atoms with Gasteiger partial charge >= 0.3 is 0 Å². The van der Waals surface area contributed by atoms with Gasteiger partial charge in [0.25, 0.3) is 5.91 Å². The Balaban J connectivity index is 1.95. The van der Waals surface area contributed by atoms with E-state index in [-0.39, 0.29) is 18.3 Å². The Hall–Kier alpha value is -2.17. The molecular formula is C11H10FN3O. The lowest BCUT2D eigenvalue weighted by atomic mass is 10.2. The summed E-state index contributed by atoms with van der Waals surface area (Å²) in [5, 5.41) is 2.65. The number of halogens is 1. The largest absolute Gasteiger partial charge is 0.347 e. The van der Waals surface area contributed by atoms with Gasteiger partial charge in [0.2, 0.25) is 0 Å². The summed E-state index contributed by atoms with van der Waals surface area (Å²) in [6.07, 6.45) is 2.86. The lowest BCUT2D eigenvalue weighted by Crippen LogP contribution is -2.23. The van der Waals surface area contributed by atoms with Crippen molar-refractivity contribution >= 4 is 5.91 Å². The average molecular weight is 219 g/mol. The van der Waals surface area contributed by atoms with Crippen molar-refractivity contribution in [1.82, 2.24) is 15.3 Å². The predicted molar refractivity (Wildman–Crippen MR) is 56.2 cm³/mol. The van der Waals surface area contributed by atoms with Gasteiger partial charge in [0.1, 0.15) is 11.5 Å². The van der Waals surface area contributed by atoms with E-state index >= 15 is 0 Å². The van der Waals surface area contributed by atoms with Gasteiger partial charge in [-0.3, -0.25) is 4.79 Å². The first-order chi connectivity index (χ1) is 7.75. The summed E-state index contributed by atoms with van der Waals surface area (Å²) in [4.78, 5) is 17.9. The highest BCUT2D eigenvalue weighted by Crippen LogP contribution is 2.03. The van der Waals surface area contributed by atoms with Gasteiger partial charge in [0, 0.05) is 6.54 Å². The van der Waals surface area contributed by atoms with Gasteiger partial charge < -0.3 is 10.3 Å². The molecule has 4 nitrogen and oxygen atoms in total. The standard InChI is InChI=1S/C11H10FN3O/c12-9-3-1-2-8(4-9)5-14-11(16)10-6-13-7-15-10/h1-4,6-7H,5H2,(H,13,15)(H,14,16). The number of carbonyl (C=O) groups is 1. The van der Waals surface area contributed by atoms with Gasteiger partial charge in [-0.05, 0) is 17.7 Å². The molecule has 0 saturated carbocycles. The lowest BCUT2D eigenvalue weighted by molar-refractivity contribution is 0.0946. The van der Waals surface area contributed by atoms with Gasteiger partial charge in [-0.25, -0.2) is 9.37 Å². The molecule has 0 bridgehead atoms. The molecule has 1 aromatic heterocycles. The van der Waals surface area contributed by atoms with Crippen LogP contribution >= 0.6 is 0 Å². The third kappa shape index (κ3) is 2.44. The summed E-state index contributed by atoms with van der Waals surface area (Å²) in [6, 6.07) is 6.09. The minimum Gasteiger partial charge on any atom is -0.347 e. The molecule has 2 aromatic rings. The summed E-state index contributed by atoms with van der Waals surface area (Å²) >= 11 is 0. The topological polar surface area (TPSA) is 57.8 Å². The Morgan fingerprint density at radius 3 is 3.06 bits per heavy atom. The molecule has 0 aliphatic heterocycles. The number of H-pyrrole nitrogens is 1. The lowest BCUT2D eigenvalue weighted by Gasteiger charge is -2.03. The van der Waals surface area contributed by atoms with Crippen molar-refractivity contribution in [1.29, 1.82) is 0 Å². The van der Waals surface area contributed by atoms with Crippen LogP contribution in [0.15, 0.2) is 36.8 Å². The van der Waals surface area contributed by atoms with Crippen LogP contribution in [0.3, 0.4) is 0 Å². The summed E-state index contributed by atoms with van der Waals surface area (Å²) in [6.45, 7) is 0.287. The molecule has 16 heavy (non-hydrogen) atoms. The van der Waals surface area contributed by atoms with Gasteiger partial charge in [0.05, 0.1) is 12.5 Å². The fraction of sp³-hybridized carbons (Fsp3) is 0.0909. The Morgan fingerprint density at radius 1 is 1.50 bits per heavy atom. The third-order valence-corrected chi connectivity index (χ3v) is 2.08. The number of hydrogen-bond acceptors (Lipinski definition) is 2. The highest BCUT2D eigenvalue weighted by molar-refractivity contribution is 5.91. The van der Waals surface area contributed by atoms with Gasteiger partial charge in [-0.15, -0.1) is 0 Å². The van der Waals surface area contributed by atoms with E-state index in [1.54, 1.807) is 12.1 Å². The SMILES string of the molecule is O=C(NCc1cccc(F)c1)c1cnc[nH]1. The molecular weight excluding hydrogens is 209 g/mol. The zero-order chi connectivity index (χ0) is 11.4. The highest BCUT2D eigenvalue weighted by atomic mass is 19.1. The first kappa shape index (κ1) is 10.4. The number of rotatable bonds is 3. The maximum Gasteiger partial charge on any atom is 0.269 e. The van der Waals surface area contributed by atoms with Crippen molar-refractivity contribution in [2.24, 2.45) is 0 Å². The maximum atomic E-state index is 12.8. The number of imidazole rings is 1. The molecule has 0 spiro atoms. The normalized spacial score (nSPS) is 10.1. The molecule has 0 radical (unpaired) electrons. The Kier molecular flexibility index (Phi) is 2.95. The van der Waals surface area contributed by atoms with E-state index in [2.05, 4.69) is 15.3 Å². The van der Waals surface area contributed by atoms with E-state index in [1.807, 2.05) is 0 Å². The van der Waals surface area contributed by atoms with Crippen molar-refractivity contribution < 1.29 is 9.18 Å². The van der Waals surface area contributed by atoms with Gasteiger partial charge in [0.15, 0.2) is 0 Å². The molecule has 0 unspecified atom stereocenters. The molecule has 1 aromatic carbocycles. The van der Waals surface area contributed by atoms with Crippen LogP contribution in [0.4, 0.5) is 4.39 Å². The number of aromatic nitrogens is 2. The first-order valence-electron chi connectivity index (χ1n) is 4.77. The molecule has 0 aliphatic carbocycles. The van der Waals surface area contributed by atoms with Crippen molar-refractivity contribution in [2.75, 3.05) is 0 Å². The van der Waals surface area contributed by atoms with Crippen LogP contribution in [0, 0.1) is 5.82 Å². The van der Waals surface area contributed by atoms with Crippen LogP contribution in [0.2, 0.25) is 0 Å². The van der Waals surface area contributed by atoms with Crippen molar-refractivity contribution in [2.45, 2.75) is 6.54 Å². The second-order valence-electron chi connectivity index (χ2n) is 3.28. The van der Waals surface area contributed by atoms with Crippen LogP contribution in [0.5, 0.6) is 0 Å². The summed E-state index contributed by atoms with van der Waals surface area (Å²) < 4.78 is 12.8. The van der Waals surface area contributed by atoms with Crippen molar-refractivity contribution in [3.63, 3.8) is 0 Å². The second kappa shape index (κ2) is 4.57. The van der Waals surface area contributed by atoms with Gasteiger partial charge in [-0.1, -0.05) is 12.1 Å². The number of nitrogens with zero attached hydrogens (tertiary/aromatic N) is 1. The van der Waals surface area contributed by atoms with E-state index in [1.165, 1.54) is 24.7 Å². The van der Waals surface area contributed by atoms with Gasteiger partial charge in [-0.2, -0.15) is 0 Å².